The molecule has 0 unspecified atom stereocenters. The summed E-state index contributed by atoms with van der Waals surface area (Å²) >= 11 is 0. The summed E-state index contributed by atoms with van der Waals surface area (Å²) < 4.78 is 31.9. The van der Waals surface area contributed by atoms with Crippen LogP contribution < -0.4 is 4.74 Å². The molecular formula is C18H19F2NO2. The van der Waals surface area contributed by atoms with Crippen molar-refractivity contribution in [1.82, 2.24) is 4.90 Å². The van der Waals surface area contributed by atoms with E-state index >= 15 is 0 Å². The number of benzene rings is 2. The first-order valence-corrected chi connectivity index (χ1v) is 7.39. The van der Waals surface area contributed by atoms with Crippen LogP contribution in [-0.4, -0.2) is 24.5 Å². The molecule has 5 heteroatoms. The van der Waals surface area contributed by atoms with Crippen molar-refractivity contribution >= 4 is 5.91 Å². The molecule has 0 heterocycles. The first-order valence-electron chi connectivity index (χ1n) is 7.39. The first-order chi connectivity index (χ1) is 11.0. The van der Waals surface area contributed by atoms with Gasteiger partial charge in [-0.25, -0.2) is 8.78 Å². The summed E-state index contributed by atoms with van der Waals surface area (Å²) in [6.45, 7) is 2.59. The number of hydrogen-bond acceptors (Lipinski definition) is 2. The van der Waals surface area contributed by atoms with Crippen molar-refractivity contribution < 1.29 is 18.3 Å². The fourth-order valence-electron chi connectivity index (χ4n) is 2.17. The Morgan fingerprint density at radius 3 is 2.43 bits per heavy atom. The molecule has 0 N–H and O–H groups in total. The standard InChI is InChI=1S/C18H19F2NO2/c1-3-23-16-8-4-13(5-9-16)10-18(22)21(2)12-14-6-7-15(19)11-17(14)20/h4-9,11H,3,10,12H2,1-2H3. The summed E-state index contributed by atoms with van der Waals surface area (Å²) in [4.78, 5) is 13.6. The molecule has 0 atom stereocenters. The largest absolute Gasteiger partial charge is 0.494 e. The van der Waals surface area contributed by atoms with Crippen molar-refractivity contribution in [2.24, 2.45) is 0 Å². The highest BCUT2D eigenvalue weighted by atomic mass is 19.1. The van der Waals surface area contributed by atoms with Gasteiger partial charge in [-0.3, -0.25) is 4.79 Å². The van der Waals surface area contributed by atoms with Crippen LogP contribution in [0.25, 0.3) is 0 Å². The van der Waals surface area contributed by atoms with Crippen LogP contribution in [0.5, 0.6) is 5.75 Å². The average Bonchev–Trinajstić information content (AvgIpc) is 2.52. The average molecular weight is 319 g/mol. The van der Waals surface area contributed by atoms with E-state index in [4.69, 9.17) is 4.74 Å². The molecule has 0 aliphatic rings. The SMILES string of the molecule is CCOc1ccc(CC(=O)N(C)Cc2ccc(F)cc2F)cc1. The molecule has 2 aromatic carbocycles. The molecule has 0 aliphatic heterocycles. The second-order valence-electron chi connectivity index (χ2n) is 5.24. The summed E-state index contributed by atoms with van der Waals surface area (Å²) in [6, 6.07) is 10.6. The zero-order valence-corrected chi connectivity index (χ0v) is 13.2. The van der Waals surface area contributed by atoms with E-state index in [0.29, 0.717) is 6.61 Å². The van der Waals surface area contributed by atoms with Gasteiger partial charge in [-0.15, -0.1) is 0 Å². The van der Waals surface area contributed by atoms with Crippen molar-refractivity contribution in [2.45, 2.75) is 19.9 Å². The van der Waals surface area contributed by atoms with Crippen LogP contribution in [0, 0.1) is 11.6 Å². The maximum atomic E-state index is 13.6. The van der Waals surface area contributed by atoms with Gasteiger partial charge in [0.25, 0.3) is 0 Å². The molecule has 2 aromatic rings. The molecule has 0 spiro atoms. The summed E-state index contributed by atoms with van der Waals surface area (Å²) in [6.07, 6.45) is 0.214. The molecule has 122 valence electrons. The summed E-state index contributed by atoms with van der Waals surface area (Å²) in [5.74, 6) is -0.663. The highest BCUT2D eigenvalue weighted by Gasteiger charge is 2.13. The number of amides is 1. The molecule has 0 radical (unpaired) electrons. The van der Waals surface area contributed by atoms with E-state index in [1.165, 1.54) is 17.0 Å². The number of carbonyl (C=O) groups excluding carboxylic acids is 1. The third kappa shape index (κ3) is 4.77. The molecule has 0 aromatic heterocycles. The molecule has 0 aliphatic carbocycles. The predicted molar refractivity (Wildman–Crippen MR) is 84.1 cm³/mol. The third-order valence-electron chi connectivity index (χ3n) is 3.44. The number of likely N-dealkylation sites (N-methyl/N-ethyl adjacent to an activating group) is 1. The van der Waals surface area contributed by atoms with Gasteiger partial charge in [-0.2, -0.15) is 0 Å². The second-order valence-corrected chi connectivity index (χ2v) is 5.24. The van der Waals surface area contributed by atoms with E-state index in [1.807, 2.05) is 31.2 Å². The smallest absolute Gasteiger partial charge is 0.227 e. The Hall–Kier alpha value is -2.43. The van der Waals surface area contributed by atoms with Crippen molar-refractivity contribution in [3.8, 4) is 5.75 Å². The second kappa shape index (κ2) is 7.72. The first kappa shape index (κ1) is 16.9. The molecule has 0 saturated heterocycles. The van der Waals surface area contributed by atoms with Crippen molar-refractivity contribution in [3.05, 3.63) is 65.2 Å². The Balaban J connectivity index is 1.96. The zero-order valence-electron chi connectivity index (χ0n) is 13.2. The van der Waals surface area contributed by atoms with Crippen LogP contribution in [0.3, 0.4) is 0 Å². The molecule has 23 heavy (non-hydrogen) atoms. The molecular weight excluding hydrogens is 300 g/mol. The lowest BCUT2D eigenvalue weighted by Gasteiger charge is -2.18. The van der Waals surface area contributed by atoms with Crippen molar-refractivity contribution in [3.63, 3.8) is 0 Å². The van der Waals surface area contributed by atoms with Gasteiger partial charge in [0.1, 0.15) is 17.4 Å². The summed E-state index contributed by atoms with van der Waals surface area (Å²) in [5.41, 5.74) is 1.14. The van der Waals surface area contributed by atoms with E-state index < -0.39 is 11.6 Å². The van der Waals surface area contributed by atoms with Crippen LogP contribution in [-0.2, 0) is 17.8 Å². The minimum atomic E-state index is -0.647. The quantitative estimate of drug-likeness (QED) is 0.815. The summed E-state index contributed by atoms with van der Waals surface area (Å²) in [5, 5.41) is 0. The van der Waals surface area contributed by atoms with Crippen molar-refractivity contribution in [2.75, 3.05) is 13.7 Å². The lowest BCUT2D eigenvalue weighted by molar-refractivity contribution is -0.129. The van der Waals surface area contributed by atoms with Crippen LogP contribution in [0.1, 0.15) is 18.1 Å². The molecule has 0 fully saturated rings. The van der Waals surface area contributed by atoms with Gasteiger partial charge < -0.3 is 9.64 Å². The number of hydrogen-bond donors (Lipinski definition) is 0. The lowest BCUT2D eigenvalue weighted by Crippen LogP contribution is -2.28. The van der Waals surface area contributed by atoms with Crippen LogP contribution in [0.2, 0.25) is 0 Å². The molecule has 2 rings (SSSR count). The normalized spacial score (nSPS) is 10.4. The maximum Gasteiger partial charge on any atom is 0.227 e. The molecule has 0 saturated carbocycles. The van der Waals surface area contributed by atoms with Crippen molar-refractivity contribution in [1.29, 1.82) is 0 Å². The summed E-state index contributed by atoms with van der Waals surface area (Å²) in [7, 11) is 1.60. The third-order valence-corrected chi connectivity index (χ3v) is 3.44. The fraction of sp³-hybridized carbons (Fsp3) is 0.278. The highest BCUT2D eigenvalue weighted by Crippen LogP contribution is 2.15. The van der Waals surface area contributed by atoms with E-state index in [1.54, 1.807) is 7.05 Å². The van der Waals surface area contributed by atoms with Gasteiger partial charge in [0.15, 0.2) is 0 Å². The van der Waals surface area contributed by atoms with Crippen LogP contribution >= 0.6 is 0 Å². The number of carbonyl (C=O) groups is 1. The molecule has 3 nitrogen and oxygen atoms in total. The topological polar surface area (TPSA) is 29.5 Å². The zero-order chi connectivity index (χ0) is 16.8. The Morgan fingerprint density at radius 1 is 1.13 bits per heavy atom. The van der Waals surface area contributed by atoms with E-state index in [2.05, 4.69) is 0 Å². The monoisotopic (exact) mass is 319 g/mol. The Morgan fingerprint density at radius 2 is 1.83 bits per heavy atom. The highest BCUT2D eigenvalue weighted by molar-refractivity contribution is 5.78. The lowest BCUT2D eigenvalue weighted by atomic mass is 10.1. The number of nitrogens with zero attached hydrogens (tertiary/aromatic N) is 1. The van der Waals surface area contributed by atoms with Crippen LogP contribution in [0.4, 0.5) is 8.78 Å². The van der Waals surface area contributed by atoms with Gasteiger partial charge in [0, 0.05) is 25.2 Å². The van der Waals surface area contributed by atoms with Gasteiger partial charge in [-0.1, -0.05) is 18.2 Å². The number of rotatable bonds is 6. The van der Waals surface area contributed by atoms with E-state index in [9.17, 15) is 13.6 Å². The Labute approximate surface area is 134 Å². The minimum absolute atomic E-state index is 0.0992. The van der Waals surface area contributed by atoms with E-state index in [-0.39, 0.29) is 24.4 Å². The molecule has 1 amide bonds. The Bertz CT molecular complexity index is 671. The maximum absolute atomic E-state index is 13.6. The van der Waals surface area contributed by atoms with Gasteiger partial charge >= 0.3 is 0 Å². The van der Waals surface area contributed by atoms with Gasteiger partial charge in [0.05, 0.1) is 13.0 Å². The molecule has 0 bridgehead atoms. The van der Waals surface area contributed by atoms with Gasteiger partial charge in [0.2, 0.25) is 5.91 Å². The van der Waals surface area contributed by atoms with Crippen LogP contribution in [0.15, 0.2) is 42.5 Å². The van der Waals surface area contributed by atoms with E-state index in [0.717, 1.165) is 17.4 Å². The number of ether oxygens (including phenoxy) is 1. The van der Waals surface area contributed by atoms with Gasteiger partial charge in [-0.05, 0) is 30.7 Å². The minimum Gasteiger partial charge on any atom is -0.494 e. The number of halogens is 2. The fourth-order valence-corrected chi connectivity index (χ4v) is 2.17. The Kier molecular flexibility index (Phi) is 5.68. The predicted octanol–water partition coefficient (Wildman–Crippen LogP) is 3.56.